The van der Waals surface area contributed by atoms with E-state index in [0.717, 1.165) is 5.56 Å². The lowest BCUT2D eigenvalue weighted by Gasteiger charge is -2.12. The maximum Gasteiger partial charge on any atom is 0.343 e. The lowest BCUT2D eigenvalue weighted by molar-refractivity contribution is -0.143. The molecule has 2 amide bonds. The molecule has 0 atom stereocenters. The normalized spacial score (nSPS) is 10.6. The van der Waals surface area contributed by atoms with Crippen LogP contribution in [-0.2, 0) is 19.1 Å². The number of amides is 2. The number of hydrogen-bond donors (Lipinski definition) is 2. The molecule has 0 heterocycles. The number of rotatable bonds is 10. The van der Waals surface area contributed by atoms with Gasteiger partial charge in [0.2, 0.25) is 11.8 Å². The summed E-state index contributed by atoms with van der Waals surface area (Å²) in [5.41, 5.74) is 4.43. The maximum atomic E-state index is 12.0. The predicted octanol–water partition coefficient (Wildman–Crippen LogP) is 3.84. The number of hydrazone groups is 1. The summed E-state index contributed by atoms with van der Waals surface area (Å²) in [6.45, 7) is 1.58. The Morgan fingerprint density at radius 2 is 1.85 bits per heavy atom. The maximum absolute atomic E-state index is 12.0. The fourth-order valence-corrected chi connectivity index (χ4v) is 3.26. The number of hydrogen-bond acceptors (Lipinski definition) is 7. The molecular weight excluding hydrogens is 518 g/mol. The number of esters is 1. The molecule has 33 heavy (non-hydrogen) atoms. The van der Waals surface area contributed by atoms with E-state index in [9.17, 15) is 14.4 Å². The first-order valence-electron chi connectivity index (χ1n) is 9.68. The van der Waals surface area contributed by atoms with Gasteiger partial charge in [-0.1, -0.05) is 17.7 Å². The highest BCUT2D eigenvalue weighted by molar-refractivity contribution is 9.10. The SMILES string of the molecule is COC(=O)COc1c(Br)cc(C=NNC(=O)CCC(=O)Nc2ccc(C)c(Cl)c2)cc1OC. The highest BCUT2D eigenvalue weighted by Crippen LogP contribution is 2.36. The quantitative estimate of drug-likeness (QED) is 0.269. The summed E-state index contributed by atoms with van der Waals surface area (Å²) < 4.78 is 15.8. The Morgan fingerprint density at radius 1 is 1.12 bits per heavy atom. The predicted molar refractivity (Wildman–Crippen MR) is 128 cm³/mol. The molecule has 0 aliphatic rings. The van der Waals surface area contributed by atoms with Crippen LogP contribution in [0.1, 0.15) is 24.0 Å². The minimum absolute atomic E-state index is 0.0154. The van der Waals surface area contributed by atoms with Crippen LogP contribution in [0.3, 0.4) is 0 Å². The Labute approximate surface area is 204 Å². The second-order valence-electron chi connectivity index (χ2n) is 6.70. The van der Waals surface area contributed by atoms with Crippen LogP contribution in [0.25, 0.3) is 0 Å². The number of nitrogens with zero attached hydrogens (tertiary/aromatic N) is 1. The fraction of sp³-hybridized carbons (Fsp3) is 0.273. The topological polar surface area (TPSA) is 115 Å². The van der Waals surface area contributed by atoms with Crippen LogP contribution in [0, 0.1) is 6.92 Å². The molecule has 0 saturated carbocycles. The first kappa shape index (κ1) is 26.1. The van der Waals surface area contributed by atoms with Crippen molar-refractivity contribution in [3.05, 3.63) is 51.0 Å². The zero-order valence-electron chi connectivity index (χ0n) is 18.2. The van der Waals surface area contributed by atoms with E-state index in [2.05, 4.69) is 36.5 Å². The highest BCUT2D eigenvalue weighted by Gasteiger charge is 2.13. The summed E-state index contributed by atoms with van der Waals surface area (Å²) >= 11 is 9.39. The molecule has 2 N–H and O–H groups in total. The Bertz CT molecular complexity index is 1060. The van der Waals surface area contributed by atoms with E-state index >= 15 is 0 Å². The molecule has 0 aliphatic carbocycles. The zero-order chi connectivity index (χ0) is 24.4. The summed E-state index contributed by atoms with van der Waals surface area (Å²) in [7, 11) is 2.71. The van der Waals surface area contributed by atoms with Crippen molar-refractivity contribution in [1.82, 2.24) is 5.43 Å². The van der Waals surface area contributed by atoms with Crippen molar-refractivity contribution in [3.63, 3.8) is 0 Å². The monoisotopic (exact) mass is 539 g/mol. The summed E-state index contributed by atoms with van der Waals surface area (Å²) in [6, 6.07) is 8.47. The summed E-state index contributed by atoms with van der Waals surface area (Å²) in [5.74, 6) is -0.592. The number of methoxy groups -OCH3 is 2. The molecule has 0 aliphatic heterocycles. The van der Waals surface area contributed by atoms with Crippen LogP contribution in [0.2, 0.25) is 5.02 Å². The lowest BCUT2D eigenvalue weighted by atomic mass is 10.2. The van der Waals surface area contributed by atoms with E-state index in [0.29, 0.717) is 32.2 Å². The zero-order valence-corrected chi connectivity index (χ0v) is 20.6. The summed E-state index contributed by atoms with van der Waals surface area (Å²) in [6.07, 6.45) is 1.35. The molecule has 11 heteroatoms. The molecule has 2 aromatic rings. The summed E-state index contributed by atoms with van der Waals surface area (Å²) in [4.78, 5) is 35.3. The van der Waals surface area contributed by atoms with Crippen molar-refractivity contribution < 1.29 is 28.6 Å². The smallest absolute Gasteiger partial charge is 0.343 e. The lowest BCUT2D eigenvalue weighted by Crippen LogP contribution is -2.20. The largest absolute Gasteiger partial charge is 0.493 e. The molecule has 176 valence electrons. The van der Waals surface area contributed by atoms with Gasteiger partial charge in [0, 0.05) is 23.6 Å². The van der Waals surface area contributed by atoms with Crippen LogP contribution >= 0.6 is 27.5 Å². The molecule has 2 aromatic carbocycles. The Morgan fingerprint density at radius 3 is 2.52 bits per heavy atom. The summed E-state index contributed by atoms with van der Waals surface area (Å²) in [5, 5.41) is 7.13. The van der Waals surface area contributed by atoms with Gasteiger partial charge in [-0.3, -0.25) is 9.59 Å². The van der Waals surface area contributed by atoms with Gasteiger partial charge in [-0.05, 0) is 58.2 Å². The van der Waals surface area contributed by atoms with Crippen LogP contribution in [0.4, 0.5) is 5.69 Å². The van der Waals surface area contributed by atoms with Crippen LogP contribution < -0.4 is 20.2 Å². The molecular formula is C22H23BrClN3O6. The Hall–Kier alpha value is -3.11. The molecule has 0 bridgehead atoms. The molecule has 2 rings (SSSR count). The third kappa shape index (κ3) is 8.39. The van der Waals surface area contributed by atoms with Crippen molar-refractivity contribution in [1.29, 1.82) is 0 Å². The highest BCUT2D eigenvalue weighted by atomic mass is 79.9. The number of benzene rings is 2. The van der Waals surface area contributed by atoms with Crippen LogP contribution in [0.5, 0.6) is 11.5 Å². The standard InChI is InChI=1S/C22H23BrClN3O6/c1-13-4-5-15(10-17(13)24)26-19(28)6-7-20(29)27-25-11-14-8-16(23)22(18(9-14)31-2)33-12-21(30)32-3/h4-5,8-11H,6-7,12H2,1-3H3,(H,26,28)(H,27,29). The van der Waals surface area contributed by atoms with E-state index in [1.807, 2.05) is 6.92 Å². The van der Waals surface area contributed by atoms with Gasteiger partial charge in [-0.25, -0.2) is 10.2 Å². The molecule has 0 saturated heterocycles. The van der Waals surface area contributed by atoms with E-state index < -0.39 is 11.9 Å². The second-order valence-corrected chi connectivity index (χ2v) is 7.97. The average molecular weight is 541 g/mol. The van der Waals surface area contributed by atoms with Crippen LogP contribution in [-0.4, -0.2) is 44.8 Å². The van der Waals surface area contributed by atoms with Crippen molar-refractivity contribution >= 4 is 57.2 Å². The van der Waals surface area contributed by atoms with Gasteiger partial charge in [0.25, 0.3) is 0 Å². The molecule has 0 aromatic heterocycles. The van der Waals surface area contributed by atoms with E-state index in [1.165, 1.54) is 20.4 Å². The number of anilines is 1. The number of carbonyl (C=O) groups excluding carboxylic acids is 3. The average Bonchev–Trinajstić information content (AvgIpc) is 2.78. The van der Waals surface area contributed by atoms with E-state index in [4.69, 9.17) is 21.1 Å². The third-order valence-electron chi connectivity index (χ3n) is 4.25. The first-order valence-corrected chi connectivity index (χ1v) is 10.9. The molecule has 0 unspecified atom stereocenters. The van der Waals surface area contributed by atoms with Gasteiger partial charge < -0.3 is 19.5 Å². The first-order chi connectivity index (χ1) is 15.7. The van der Waals surface area contributed by atoms with Gasteiger partial charge >= 0.3 is 5.97 Å². The molecule has 0 spiro atoms. The van der Waals surface area contributed by atoms with Crippen molar-refractivity contribution in [2.45, 2.75) is 19.8 Å². The number of carbonyl (C=O) groups is 3. The number of aryl methyl sites for hydroxylation is 1. The number of ether oxygens (including phenoxy) is 3. The van der Waals surface area contributed by atoms with Crippen molar-refractivity contribution in [2.75, 3.05) is 26.1 Å². The Balaban J connectivity index is 1.87. The van der Waals surface area contributed by atoms with Crippen molar-refractivity contribution in [2.24, 2.45) is 5.10 Å². The van der Waals surface area contributed by atoms with Gasteiger partial charge in [0.1, 0.15) is 0 Å². The Kier molecular flexibility index (Phi) is 10.1. The van der Waals surface area contributed by atoms with Crippen LogP contribution in [0.15, 0.2) is 39.9 Å². The van der Waals surface area contributed by atoms with Crippen molar-refractivity contribution in [3.8, 4) is 11.5 Å². The van der Waals surface area contributed by atoms with E-state index in [-0.39, 0.29) is 25.4 Å². The molecule has 9 nitrogen and oxygen atoms in total. The van der Waals surface area contributed by atoms with E-state index in [1.54, 1.807) is 30.3 Å². The van der Waals surface area contributed by atoms with Gasteiger partial charge in [0.15, 0.2) is 18.1 Å². The minimum Gasteiger partial charge on any atom is -0.493 e. The van der Waals surface area contributed by atoms with Gasteiger partial charge in [-0.2, -0.15) is 5.10 Å². The molecule has 0 fully saturated rings. The molecule has 0 radical (unpaired) electrons. The fourth-order valence-electron chi connectivity index (χ4n) is 2.50. The minimum atomic E-state index is -0.534. The van der Waals surface area contributed by atoms with Gasteiger partial charge in [0.05, 0.1) is 24.9 Å². The third-order valence-corrected chi connectivity index (χ3v) is 5.25. The van der Waals surface area contributed by atoms with Gasteiger partial charge in [-0.15, -0.1) is 0 Å². The number of nitrogens with one attached hydrogen (secondary N) is 2. The second kappa shape index (κ2) is 12.8. The number of halogens is 2.